The molecule has 0 radical (unpaired) electrons. The molecule has 0 unspecified atom stereocenters. The minimum atomic E-state index is -0.0152. The Labute approximate surface area is 181 Å². The lowest BCUT2D eigenvalue weighted by atomic mass is 10.1. The Kier molecular flexibility index (Phi) is 6.29. The van der Waals surface area contributed by atoms with Gasteiger partial charge in [-0.05, 0) is 42.5 Å². The average molecular weight is 418 g/mol. The molecule has 0 aliphatic heterocycles. The van der Waals surface area contributed by atoms with Crippen LogP contribution in [0.4, 0.5) is 5.69 Å². The van der Waals surface area contributed by atoms with Crippen molar-refractivity contribution in [2.24, 2.45) is 0 Å². The summed E-state index contributed by atoms with van der Waals surface area (Å²) in [7, 11) is 0. The molecule has 4 aromatic rings. The van der Waals surface area contributed by atoms with Gasteiger partial charge in [-0.1, -0.05) is 56.7 Å². The summed E-state index contributed by atoms with van der Waals surface area (Å²) >= 11 is 1.57. The lowest BCUT2D eigenvalue weighted by Crippen LogP contribution is -2.15. The van der Waals surface area contributed by atoms with Crippen LogP contribution in [0.5, 0.6) is 0 Å². The summed E-state index contributed by atoms with van der Waals surface area (Å²) in [6.07, 6.45) is 6.84. The van der Waals surface area contributed by atoms with E-state index in [1.54, 1.807) is 11.3 Å². The summed E-state index contributed by atoms with van der Waals surface area (Å²) in [5.41, 5.74) is 6.46. The highest BCUT2D eigenvalue weighted by Crippen LogP contribution is 2.24. The van der Waals surface area contributed by atoms with Gasteiger partial charge in [0.1, 0.15) is 0 Å². The first-order valence-electron chi connectivity index (χ1n) is 10.6. The van der Waals surface area contributed by atoms with Crippen molar-refractivity contribution in [3.05, 3.63) is 76.9 Å². The van der Waals surface area contributed by atoms with Gasteiger partial charge in [0.2, 0.25) is 5.91 Å². The highest BCUT2D eigenvalue weighted by atomic mass is 32.1. The monoisotopic (exact) mass is 417 g/mol. The van der Waals surface area contributed by atoms with Gasteiger partial charge >= 0.3 is 0 Å². The van der Waals surface area contributed by atoms with Crippen LogP contribution < -0.4 is 5.32 Å². The molecule has 30 heavy (non-hydrogen) atoms. The number of amides is 1. The average Bonchev–Trinajstić information content (AvgIpc) is 3.35. The van der Waals surface area contributed by atoms with E-state index in [1.807, 2.05) is 28.1 Å². The van der Waals surface area contributed by atoms with Gasteiger partial charge in [0.25, 0.3) is 0 Å². The third kappa shape index (κ3) is 4.62. The lowest BCUT2D eigenvalue weighted by molar-refractivity contribution is -0.115. The molecule has 0 saturated heterocycles. The molecule has 2 aromatic carbocycles. The molecule has 2 heterocycles. The van der Waals surface area contributed by atoms with E-state index < -0.39 is 0 Å². The van der Waals surface area contributed by atoms with Crippen molar-refractivity contribution in [1.29, 1.82) is 0 Å². The van der Waals surface area contributed by atoms with Crippen molar-refractivity contribution in [3.8, 4) is 11.3 Å². The Morgan fingerprint density at radius 2 is 1.77 bits per heavy atom. The van der Waals surface area contributed by atoms with E-state index in [1.165, 1.54) is 24.0 Å². The maximum atomic E-state index is 12.6. The quantitative estimate of drug-likeness (QED) is 0.374. The number of hydrogen-bond donors (Lipinski definition) is 1. The number of carbonyl (C=O) groups is 1. The molecule has 0 spiro atoms. The van der Waals surface area contributed by atoms with Crippen LogP contribution in [0, 0.1) is 0 Å². The molecule has 1 N–H and O–H groups in total. The minimum Gasteiger partial charge on any atom is -0.326 e. The largest absolute Gasteiger partial charge is 0.326 e. The SMILES string of the molecule is CCCCc1ccc(NC(=O)Cc2csc3nc(-c4ccc(CC)cc4)cn23)cc1. The maximum Gasteiger partial charge on any atom is 0.230 e. The zero-order chi connectivity index (χ0) is 20.9. The van der Waals surface area contributed by atoms with E-state index in [0.717, 1.165) is 40.4 Å². The molecule has 4 rings (SSSR count). The number of unbranched alkanes of at least 4 members (excludes halogenated alkanes) is 1. The third-order valence-corrected chi connectivity index (χ3v) is 6.23. The maximum absolute atomic E-state index is 12.6. The van der Waals surface area contributed by atoms with Crippen molar-refractivity contribution in [2.75, 3.05) is 5.32 Å². The van der Waals surface area contributed by atoms with E-state index in [2.05, 4.69) is 55.6 Å². The molecule has 0 aliphatic rings. The van der Waals surface area contributed by atoms with Crippen LogP contribution in [0.15, 0.2) is 60.1 Å². The molecular weight excluding hydrogens is 390 g/mol. The van der Waals surface area contributed by atoms with Crippen LogP contribution >= 0.6 is 11.3 Å². The molecule has 5 heteroatoms. The van der Waals surface area contributed by atoms with Crippen LogP contribution in [0.1, 0.15) is 43.5 Å². The van der Waals surface area contributed by atoms with Crippen LogP contribution in [0.2, 0.25) is 0 Å². The third-order valence-electron chi connectivity index (χ3n) is 5.34. The Balaban J connectivity index is 1.44. The van der Waals surface area contributed by atoms with Gasteiger partial charge in [-0.2, -0.15) is 0 Å². The fourth-order valence-corrected chi connectivity index (χ4v) is 4.39. The number of anilines is 1. The standard InChI is InChI=1S/C25H27N3OS/c1-3-5-6-19-9-13-21(14-10-19)26-24(29)15-22-17-30-25-27-23(16-28(22)25)20-11-7-18(4-2)8-12-20/h7-14,16-17H,3-6,15H2,1-2H3,(H,26,29). The molecule has 0 atom stereocenters. The summed E-state index contributed by atoms with van der Waals surface area (Å²) in [6.45, 7) is 4.35. The second-order valence-corrected chi connectivity index (χ2v) is 8.42. The molecule has 0 aliphatic carbocycles. The molecule has 1 amide bonds. The lowest BCUT2D eigenvalue weighted by Gasteiger charge is -2.06. The number of hydrogen-bond acceptors (Lipinski definition) is 3. The Bertz CT molecular complexity index is 1120. The van der Waals surface area contributed by atoms with Crippen molar-refractivity contribution in [1.82, 2.24) is 9.38 Å². The van der Waals surface area contributed by atoms with E-state index in [0.29, 0.717) is 6.42 Å². The van der Waals surface area contributed by atoms with Crippen molar-refractivity contribution < 1.29 is 4.79 Å². The zero-order valence-corrected chi connectivity index (χ0v) is 18.3. The Morgan fingerprint density at radius 3 is 2.47 bits per heavy atom. The molecule has 4 nitrogen and oxygen atoms in total. The number of thiazole rings is 1. The minimum absolute atomic E-state index is 0.0152. The summed E-state index contributed by atoms with van der Waals surface area (Å²) in [4.78, 5) is 18.2. The zero-order valence-electron chi connectivity index (χ0n) is 17.5. The summed E-state index contributed by atoms with van der Waals surface area (Å²) < 4.78 is 2.03. The first kappa shape index (κ1) is 20.4. The second-order valence-electron chi connectivity index (χ2n) is 7.58. The summed E-state index contributed by atoms with van der Waals surface area (Å²) in [5, 5.41) is 5.02. The van der Waals surface area contributed by atoms with E-state index >= 15 is 0 Å². The number of benzene rings is 2. The number of aromatic nitrogens is 2. The predicted octanol–water partition coefficient (Wildman–Crippen LogP) is 6.15. The van der Waals surface area contributed by atoms with Crippen LogP contribution in [-0.4, -0.2) is 15.3 Å². The molecule has 0 bridgehead atoms. The van der Waals surface area contributed by atoms with Crippen molar-refractivity contribution >= 4 is 27.9 Å². The number of imidazole rings is 1. The van der Waals surface area contributed by atoms with E-state index in [9.17, 15) is 4.79 Å². The number of nitrogens with one attached hydrogen (secondary N) is 1. The van der Waals surface area contributed by atoms with E-state index in [4.69, 9.17) is 4.98 Å². The number of fused-ring (bicyclic) bond motifs is 1. The second kappa shape index (κ2) is 9.26. The highest BCUT2D eigenvalue weighted by Gasteiger charge is 2.13. The molecule has 2 aromatic heterocycles. The van der Waals surface area contributed by atoms with Gasteiger partial charge in [-0.15, -0.1) is 11.3 Å². The summed E-state index contributed by atoms with van der Waals surface area (Å²) in [6, 6.07) is 16.7. The number of nitrogens with zero attached hydrogens (tertiary/aromatic N) is 2. The van der Waals surface area contributed by atoms with Crippen LogP contribution in [-0.2, 0) is 24.1 Å². The predicted molar refractivity (Wildman–Crippen MR) is 125 cm³/mol. The first-order chi connectivity index (χ1) is 14.7. The van der Waals surface area contributed by atoms with E-state index in [-0.39, 0.29) is 5.91 Å². The topological polar surface area (TPSA) is 46.4 Å². The van der Waals surface area contributed by atoms with Crippen LogP contribution in [0.3, 0.4) is 0 Å². The molecule has 154 valence electrons. The first-order valence-corrected chi connectivity index (χ1v) is 11.5. The number of carbonyl (C=O) groups excluding carboxylic acids is 1. The van der Waals surface area contributed by atoms with Gasteiger partial charge in [0.05, 0.1) is 12.1 Å². The Morgan fingerprint density at radius 1 is 1.03 bits per heavy atom. The van der Waals surface area contributed by atoms with Gasteiger partial charge in [-0.25, -0.2) is 4.98 Å². The molecular formula is C25H27N3OS. The Hall–Kier alpha value is -2.92. The fourth-order valence-electron chi connectivity index (χ4n) is 3.51. The fraction of sp³-hybridized carbons (Fsp3) is 0.280. The number of rotatable bonds is 8. The van der Waals surface area contributed by atoms with Gasteiger partial charge in [0, 0.05) is 28.5 Å². The number of aryl methyl sites for hydroxylation is 2. The summed E-state index contributed by atoms with van der Waals surface area (Å²) in [5.74, 6) is -0.0152. The van der Waals surface area contributed by atoms with Gasteiger partial charge < -0.3 is 5.32 Å². The normalized spacial score (nSPS) is 11.1. The smallest absolute Gasteiger partial charge is 0.230 e. The molecule has 0 fully saturated rings. The van der Waals surface area contributed by atoms with Crippen molar-refractivity contribution in [2.45, 2.75) is 46.0 Å². The van der Waals surface area contributed by atoms with Gasteiger partial charge in [-0.3, -0.25) is 9.20 Å². The van der Waals surface area contributed by atoms with Crippen LogP contribution in [0.25, 0.3) is 16.2 Å². The van der Waals surface area contributed by atoms with Gasteiger partial charge in [0.15, 0.2) is 4.96 Å². The molecule has 0 saturated carbocycles. The van der Waals surface area contributed by atoms with Crippen molar-refractivity contribution in [3.63, 3.8) is 0 Å². The highest BCUT2D eigenvalue weighted by molar-refractivity contribution is 7.15.